The van der Waals surface area contributed by atoms with Crippen LogP contribution in [0.3, 0.4) is 0 Å². The summed E-state index contributed by atoms with van der Waals surface area (Å²) in [6, 6.07) is 9.11. The van der Waals surface area contributed by atoms with Crippen LogP contribution in [0.25, 0.3) is 0 Å². The van der Waals surface area contributed by atoms with Gasteiger partial charge in [-0.3, -0.25) is 9.59 Å². The molecule has 0 spiro atoms. The van der Waals surface area contributed by atoms with Crippen LogP contribution in [-0.2, 0) is 4.79 Å². The molecule has 1 atom stereocenters. The predicted molar refractivity (Wildman–Crippen MR) is 85.3 cm³/mol. The number of rotatable bonds is 6. The van der Waals surface area contributed by atoms with E-state index in [0.29, 0.717) is 17.9 Å². The Kier molecular flexibility index (Phi) is 5.91. The van der Waals surface area contributed by atoms with Crippen molar-refractivity contribution in [3.8, 4) is 0 Å². The average Bonchev–Trinajstić information content (AvgIpc) is 2.52. The molecule has 1 aromatic rings. The van der Waals surface area contributed by atoms with Gasteiger partial charge in [-0.05, 0) is 32.1 Å². The molecular weight excluding hydrogens is 260 g/mol. The summed E-state index contributed by atoms with van der Waals surface area (Å²) in [5.74, 6) is -0.000956. The molecule has 1 saturated carbocycles. The Morgan fingerprint density at radius 3 is 2.43 bits per heavy atom. The first-order valence-corrected chi connectivity index (χ1v) is 7.95. The van der Waals surface area contributed by atoms with Crippen LogP contribution in [0.2, 0.25) is 0 Å². The van der Waals surface area contributed by atoms with Crippen LogP contribution in [0.4, 0.5) is 0 Å². The molecule has 21 heavy (non-hydrogen) atoms. The predicted octanol–water partition coefficient (Wildman–Crippen LogP) is 4.60. The topological polar surface area (TPSA) is 34.1 Å². The second-order valence-electron chi connectivity index (χ2n) is 5.96. The summed E-state index contributed by atoms with van der Waals surface area (Å²) in [6.07, 6.45) is 11.2. The Labute approximate surface area is 127 Å². The van der Waals surface area contributed by atoms with Crippen molar-refractivity contribution < 1.29 is 9.59 Å². The van der Waals surface area contributed by atoms with Gasteiger partial charge < -0.3 is 0 Å². The summed E-state index contributed by atoms with van der Waals surface area (Å²) >= 11 is 0. The molecule has 0 radical (unpaired) electrons. The van der Waals surface area contributed by atoms with Gasteiger partial charge in [-0.1, -0.05) is 61.7 Å². The molecule has 0 saturated heterocycles. The molecule has 2 heteroatoms. The number of benzene rings is 1. The fourth-order valence-electron chi connectivity index (χ4n) is 2.99. The maximum atomic E-state index is 12.4. The Hall–Kier alpha value is -1.70. The first kappa shape index (κ1) is 15.7. The van der Waals surface area contributed by atoms with E-state index in [1.165, 1.54) is 39.0 Å². The molecule has 1 aromatic carbocycles. The first-order chi connectivity index (χ1) is 10.2. The Morgan fingerprint density at radius 1 is 1.14 bits per heavy atom. The SMILES string of the molecule is CC(=O)C(C/C=C/C1CCCCC1)C(=O)c1ccccc1. The highest BCUT2D eigenvalue weighted by Crippen LogP contribution is 2.25. The van der Waals surface area contributed by atoms with E-state index in [9.17, 15) is 9.59 Å². The minimum atomic E-state index is -0.535. The zero-order valence-electron chi connectivity index (χ0n) is 12.8. The van der Waals surface area contributed by atoms with E-state index in [-0.39, 0.29) is 11.6 Å². The molecule has 1 aliphatic rings. The molecule has 0 heterocycles. The monoisotopic (exact) mass is 284 g/mol. The van der Waals surface area contributed by atoms with Gasteiger partial charge in [0.25, 0.3) is 0 Å². The van der Waals surface area contributed by atoms with E-state index < -0.39 is 5.92 Å². The van der Waals surface area contributed by atoms with E-state index in [1.54, 1.807) is 12.1 Å². The first-order valence-electron chi connectivity index (χ1n) is 7.95. The van der Waals surface area contributed by atoms with E-state index in [2.05, 4.69) is 6.08 Å². The van der Waals surface area contributed by atoms with Crippen LogP contribution >= 0.6 is 0 Å². The number of hydrogen-bond donors (Lipinski definition) is 0. The minimum Gasteiger partial charge on any atom is -0.299 e. The molecular formula is C19H24O2. The van der Waals surface area contributed by atoms with Crippen molar-refractivity contribution in [2.24, 2.45) is 11.8 Å². The molecule has 0 amide bonds. The van der Waals surface area contributed by atoms with Crippen LogP contribution in [0.1, 0.15) is 55.8 Å². The lowest BCUT2D eigenvalue weighted by Crippen LogP contribution is -2.21. The lowest BCUT2D eigenvalue weighted by molar-refractivity contribution is -0.119. The molecule has 112 valence electrons. The van der Waals surface area contributed by atoms with E-state index in [1.807, 2.05) is 24.3 Å². The normalized spacial score (nSPS) is 17.8. The second kappa shape index (κ2) is 7.92. The van der Waals surface area contributed by atoms with Crippen molar-refractivity contribution >= 4 is 11.6 Å². The minimum absolute atomic E-state index is 0.0443. The van der Waals surface area contributed by atoms with Gasteiger partial charge in [-0.15, -0.1) is 0 Å². The highest BCUT2D eigenvalue weighted by atomic mass is 16.1. The number of hydrogen-bond acceptors (Lipinski definition) is 2. The summed E-state index contributed by atoms with van der Waals surface area (Å²) in [5.41, 5.74) is 0.628. The summed E-state index contributed by atoms with van der Waals surface area (Å²) < 4.78 is 0. The molecule has 1 aliphatic carbocycles. The van der Waals surface area contributed by atoms with Gasteiger partial charge in [0.1, 0.15) is 5.78 Å². The zero-order chi connectivity index (χ0) is 15.1. The molecule has 0 aromatic heterocycles. The molecule has 2 rings (SSSR count). The van der Waals surface area contributed by atoms with Gasteiger partial charge in [-0.2, -0.15) is 0 Å². The van der Waals surface area contributed by atoms with Gasteiger partial charge in [0.2, 0.25) is 0 Å². The zero-order valence-corrected chi connectivity index (χ0v) is 12.8. The highest BCUT2D eigenvalue weighted by Gasteiger charge is 2.23. The number of carbonyl (C=O) groups is 2. The molecule has 0 N–H and O–H groups in total. The summed E-state index contributed by atoms with van der Waals surface area (Å²) in [4.78, 5) is 24.2. The maximum Gasteiger partial charge on any atom is 0.173 e. The van der Waals surface area contributed by atoms with Gasteiger partial charge in [0.05, 0.1) is 5.92 Å². The largest absolute Gasteiger partial charge is 0.299 e. The Bertz CT molecular complexity index is 496. The lowest BCUT2D eigenvalue weighted by Gasteiger charge is -2.18. The number of Topliss-reactive ketones (excluding diaryl/α,β-unsaturated/α-hetero) is 2. The van der Waals surface area contributed by atoms with E-state index >= 15 is 0 Å². The van der Waals surface area contributed by atoms with Gasteiger partial charge in [0, 0.05) is 5.56 Å². The summed E-state index contributed by atoms with van der Waals surface area (Å²) in [6.45, 7) is 1.51. The third-order valence-electron chi connectivity index (χ3n) is 4.30. The fraction of sp³-hybridized carbons (Fsp3) is 0.474. The number of allylic oxidation sites excluding steroid dienone is 2. The van der Waals surface area contributed by atoms with E-state index in [0.717, 1.165) is 0 Å². The Morgan fingerprint density at radius 2 is 1.81 bits per heavy atom. The smallest absolute Gasteiger partial charge is 0.173 e. The molecule has 0 aliphatic heterocycles. The number of carbonyl (C=O) groups excluding carboxylic acids is 2. The maximum absolute atomic E-state index is 12.4. The molecule has 0 bridgehead atoms. The van der Waals surface area contributed by atoms with Crippen LogP contribution in [-0.4, -0.2) is 11.6 Å². The van der Waals surface area contributed by atoms with Crippen molar-refractivity contribution in [2.75, 3.05) is 0 Å². The van der Waals surface area contributed by atoms with Crippen molar-refractivity contribution in [1.29, 1.82) is 0 Å². The summed E-state index contributed by atoms with van der Waals surface area (Å²) in [7, 11) is 0. The van der Waals surface area contributed by atoms with E-state index in [4.69, 9.17) is 0 Å². The third-order valence-corrected chi connectivity index (χ3v) is 4.30. The van der Waals surface area contributed by atoms with Crippen molar-refractivity contribution in [1.82, 2.24) is 0 Å². The van der Waals surface area contributed by atoms with Crippen molar-refractivity contribution in [3.05, 3.63) is 48.0 Å². The molecule has 1 unspecified atom stereocenters. The van der Waals surface area contributed by atoms with Gasteiger partial charge in [0.15, 0.2) is 5.78 Å². The van der Waals surface area contributed by atoms with Crippen LogP contribution in [0.15, 0.2) is 42.5 Å². The van der Waals surface area contributed by atoms with Crippen molar-refractivity contribution in [3.63, 3.8) is 0 Å². The molecule has 1 fully saturated rings. The Balaban J connectivity index is 1.97. The third kappa shape index (κ3) is 4.66. The van der Waals surface area contributed by atoms with Crippen LogP contribution in [0.5, 0.6) is 0 Å². The van der Waals surface area contributed by atoms with Crippen LogP contribution in [0, 0.1) is 11.8 Å². The lowest BCUT2D eigenvalue weighted by atomic mass is 9.87. The van der Waals surface area contributed by atoms with Gasteiger partial charge >= 0.3 is 0 Å². The molecule has 2 nitrogen and oxygen atoms in total. The average molecular weight is 284 g/mol. The fourth-order valence-corrected chi connectivity index (χ4v) is 2.99. The van der Waals surface area contributed by atoms with Crippen LogP contribution < -0.4 is 0 Å². The quantitative estimate of drug-likeness (QED) is 0.434. The second-order valence-corrected chi connectivity index (χ2v) is 5.96. The highest BCUT2D eigenvalue weighted by molar-refractivity contribution is 6.10. The van der Waals surface area contributed by atoms with Gasteiger partial charge in [-0.25, -0.2) is 0 Å². The number of ketones is 2. The van der Waals surface area contributed by atoms with Crippen molar-refractivity contribution in [2.45, 2.75) is 45.4 Å². The summed E-state index contributed by atoms with van der Waals surface area (Å²) in [5, 5.41) is 0. The standard InChI is InChI=1S/C19H24O2/c1-15(20)18(19(21)17-12-6-3-7-13-17)14-8-11-16-9-4-2-5-10-16/h3,6-8,11-13,16,18H,2,4-5,9-10,14H2,1H3/b11-8+.